The van der Waals surface area contributed by atoms with Gasteiger partial charge in [0, 0.05) is 18.7 Å². The Morgan fingerprint density at radius 2 is 2.11 bits per heavy atom. The van der Waals surface area contributed by atoms with Gasteiger partial charge in [0.2, 0.25) is 0 Å². The first-order chi connectivity index (χ1) is 8.80. The number of amides is 1. The van der Waals surface area contributed by atoms with Crippen molar-refractivity contribution in [2.24, 2.45) is 11.1 Å². The molecule has 1 rings (SSSR count). The Labute approximate surface area is 122 Å². The van der Waals surface area contributed by atoms with Gasteiger partial charge in [0.1, 0.15) is 5.82 Å². The quantitative estimate of drug-likeness (QED) is 0.901. The highest BCUT2D eigenvalue weighted by molar-refractivity contribution is 9.10. The van der Waals surface area contributed by atoms with Crippen LogP contribution < -0.4 is 5.73 Å². The van der Waals surface area contributed by atoms with Gasteiger partial charge in [-0.1, -0.05) is 13.8 Å². The maximum absolute atomic E-state index is 13.2. The first-order valence-corrected chi connectivity index (χ1v) is 7.04. The molecule has 1 amide bonds. The van der Waals surface area contributed by atoms with Crippen LogP contribution in [0.1, 0.15) is 31.1 Å². The molecule has 106 valence electrons. The standard InChI is InChI=1S/C14H20BrFN2O/c1-4-18(9-14(2,3)8-17)13(19)10-5-6-12(16)11(15)7-10/h5-7H,4,8-9,17H2,1-3H3. The van der Waals surface area contributed by atoms with Crippen LogP contribution in [-0.2, 0) is 0 Å². The molecule has 0 aromatic heterocycles. The second-order valence-corrected chi connectivity index (χ2v) is 6.17. The van der Waals surface area contributed by atoms with Crippen molar-refractivity contribution in [3.8, 4) is 0 Å². The lowest BCUT2D eigenvalue weighted by Crippen LogP contribution is -2.42. The molecule has 0 saturated heterocycles. The molecule has 1 aromatic carbocycles. The SMILES string of the molecule is CCN(CC(C)(C)CN)C(=O)c1ccc(F)c(Br)c1. The van der Waals surface area contributed by atoms with Crippen molar-refractivity contribution in [1.82, 2.24) is 4.90 Å². The zero-order valence-corrected chi connectivity index (χ0v) is 13.1. The first-order valence-electron chi connectivity index (χ1n) is 6.25. The fourth-order valence-corrected chi connectivity index (χ4v) is 2.10. The summed E-state index contributed by atoms with van der Waals surface area (Å²) in [6.07, 6.45) is 0. The van der Waals surface area contributed by atoms with Crippen LogP contribution in [0.5, 0.6) is 0 Å². The average Bonchev–Trinajstić information content (AvgIpc) is 2.38. The van der Waals surface area contributed by atoms with Crippen molar-refractivity contribution >= 4 is 21.8 Å². The maximum Gasteiger partial charge on any atom is 0.253 e. The molecular formula is C14H20BrFN2O. The number of nitrogens with two attached hydrogens (primary N) is 1. The Bertz CT molecular complexity index is 463. The number of benzene rings is 1. The highest BCUT2D eigenvalue weighted by atomic mass is 79.9. The summed E-state index contributed by atoms with van der Waals surface area (Å²) >= 11 is 3.09. The van der Waals surface area contributed by atoms with E-state index < -0.39 is 0 Å². The van der Waals surface area contributed by atoms with E-state index in [4.69, 9.17) is 5.73 Å². The van der Waals surface area contributed by atoms with E-state index in [0.29, 0.717) is 29.7 Å². The Morgan fingerprint density at radius 1 is 1.47 bits per heavy atom. The van der Waals surface area contributed by atoms with Gasteiger partial charge in [0.25, 0.3) is 5.91 Å². The van der Waals surface area contributed by atoms with Crippen LogP contribution in [0.2, 0.25) is 0 Å². The van der Waals surface area contributed by atoms with Gasteiger partial charge in [-0.3, -0.25) is 4.79 Å². The summed E-state index contributed by atoms with van der Waals surface area (Å²) in [6, 6.07) is 4.30. The molecule has 0 atom stereocenters. The molecule has 2 N–H and O–H groups in total. The molecule has 0 aliphatic heterocycles. The van der Waals surface area contributed by atoms with E-state index in [1.54, 1.807) is 4.90 Å². The zero-order valence-electron chi connectivity index (χ0n) is 11.5. The third-order valence-electron chi connectivity index (χ3n) is 3.01. The fourth-order valence-electron chi connectivity index (χ4n) is 1.72. The van der Waals surface area contributed by atoms with Crippen LogP contribution in [0.4, 0.5) is 4.39 Å². The van der Waals surface area contributed by atoms with Gasteiger partial charge >= 0.3 is 0 Å². The van der Waals surface area contributed by atoms with Crippen molar-refractivity contribution < 1.29 is 9.18 Å². The zero-order chi connectivity index (χ0) is 14.6. The van der Waals surface area contributed by atoms with Gasteiger partial charge in [-0.05, 0) is 53.0 Å². The van der Waals surface area contributed by atoms with Crippen LogP contribution in [0, 0.1) is 11.2 Å². The lowest BCUT2D eigenvalue weighted by molar-refractivity contribution is 0.0700. The molecule has 0 radical (unpaired) electrons. The Kier molecular flexibility index (Phi) is 5.50. The van der Waals surface area contributed by atoms with Crippen molar-refractivity contribution in [3.63, 3.8) is 0 Å². The van der Waals surface area contributed by atoms with Crippen LogP contribution >= 0.6 is 15.9 Å². The molecule has 5 heteroatoms. The van der Waals surface area contributed by atoms with E-state index in [2.05, 4.69) is 15.9 Å². The summed E-state index contributed by atoms with van der Waals surface area (Å²) < 4.78 is 13.5. The third kappa shape index (κ3) is 4.28. The Morgan fingerprint density at radius 3 is 2.58 bits per heavy atom. The van der Waals surface area contributed by atoms with Gasteiger partial charge in [0.15, 0.2) is 0 Å². The molecule has 19 heavy (non-hydrogen) atoms. The molecule has 0 fully saturated rings. The van der Waals surface area contributed by atoms with E-state index in [-0.39, 0.29) is 17.1 Å². The van der Waals surface area contributed by atoms with Gasteiger partial charge in [0.05, 0.1) is 4.47 Å². The lowest BCUT2D eigenvalue weighted by atomic mass is 9.93. The third-order valence-corrected chi connectivity index (χ3v) is 3.61. The smallest absolute Gasteiger partial charge is 0.253 e. The molecule has 0 unspecified atom stereocenters. The van der Waals surface area contributed by atoms with E-state index in [9.17, 15) is 9.18 Å². The summed E-state index contributed by atoms with van der Waals surface area (Å²) in [6.45, 7) is 7.63. The van der Waals surface area contributed by atoms with Gasteiger partial charge < -0.3 is 10.6 Å². The summed E-state index contributed by atoms with van der Waals surface area (Å²) in [5, 5.41) is 0. The number of carbonyl (C=O) groups is 1. The topological polar surface area (TPSA) is 46.3 Å². The lowest BCUT2D eigenvalue weighted by Gasteiger charge is -2.31. The predicted octanol–water partition coefficient (Wildman–Crippen LogP) is 3.04. The molecule has 0 heterocycles. The molecule has 0 saturated carbocycles. The molecule has 0 aliphatic rings. The van der Waals surface area contributed by atoms with E-state index >= 15 is 0 Å². The second kappa shape index (κ2) is 6.48. The van der Waals surface area contributed by atoms with Crippen LogP contribution in [0.15, 0.2) is 22.7 Å². The number of hydrogen-bond donors (Lipinski definition) is 1. The summed E-state index contributed by atoms with van der Waals surface area (Å²) in [5.74, 6) is -0.480. The van der Waals surface area contributed by atoms with Crippen molar-refractivity contribution in [1.29, 1.82) is 0 Å². The molecule has 3 nitrogen and oxygen atoms in total. The summed E-state index contributed by atoms with van der Waals surface area (Å²) in [5.41, 5.74) is 6.04. The highest BCUT2D eigenvalue weighted by Crippen LogP contribution is 2.20. The predicted molar refractivity (Wildman–Crippen MR) is 78.5 cm³/mol. The fraction of sp³-hybridized carbons (Fsp3) is 0.500. The van der Waals surface area contributed by atoms with Gasteiger partial charge in [-0.15, -0.1) is 0 Å². The van der Waals surface area contributed by atoms with Gasteiger partial charge in [-0.2, -0.15) is 0 Å². The van der Waals surface area contributed by atoms with Crippen molar-refractivity contribution in [2.75, 3.05) is 19.6 Å². The number of rotatable bonds is 5. The number of hydrogen-bond acceptors (Lipinski definition) is 2. The average molecular weight is 331 g/mol. The Hall–Kier alpha value is -0.940. The molecule has 0 spiro atoms. The second-order valence-electron chi connectivity index (χ2n) is 5.32. The van der Waals surface area contributed by atoms with Crippen LogP contribution in [0.25, 0.3) is 0 Å². The molecule has 1 aromatic rings. The van der Waals surface area contributed by atoms with Crippen molar-refractivity contribution in [2.45, 2.75) is 20.8 Å². The largest absolute Gasteiger partial charge is 0.338 e. The van der Waals surface area contributed by atoms with Crippen LogP contribution in [0.3, 0.4) is 0 Å². The van der Waals surface area contributed by atoms with Crippen LogP contribution in [-0.4, -0.2) is 30.4 Å². The van der Waals surface area contributed by atoms with E-state index in [1.165, 1.54) is 18.2 Å². The van der Waals surface area contributed by atoms with E-state index in [0.717, 1.165) is 0 Å². The maximum atomic E-state index is 13.2. The minimum atomic E-state index is -0.373. The first kappa shape index (κ1) is 16.1. The monoisotopic (exact) mass is 330 g/mol. The summed E-state index contributed by atoms with van der Waals surface area (Å²) in [4.78, 5) is 14.1. The van der Waals surface area contributed by atoms with Gasteiger partial charge in [-0.25, -0.2) is 4.39 Å². The minimum Gasteiger partial charge on any atom is -0.338 e. The summed E-state index contributed by atoms with van der Waals surface area (Å²) in [7, 11) is 0. The molecule has 0 bridgehead atoms. The highest BCUT2D eigenvalue weighted by Gasteiger charge is 2.23. The minimum absolute atomic E-state index is 0.107. The molecular weight excluding hydrogens is 311 g/mol. The Balaban J connectivity index is 2.92. The van der Waals surface area contributed by atoms with Crippen molar-refractivity contribution in [3.05, 3.63) is 34.1 Å². The van der Waals surface area contributed by atoms with E-state index in [1.807, 2.05) is 20.8 Å². The normalized spacial score (nSPS) is 11.5. The number of carbonyl (C=O) groups excluding carboxylic acids is 1. The number of nitrogens with zero attached hydrogens (tertiary/aromatic N) is 1. The number of halogens is 2. The molecule has 0 aliphatic carbocycles.